The number of ether oxygens (including phenoxy) is 2. The van der Waals surface area contributed by atoms with Gasteiger partial charge in [0.1, 0.15) is 11.8 Å². The van der Waals surface area contributed by atoms with Crippen LogP contribution in [0.5, 0.6) is 11.5 Å². The predicted octanol–water partition coefficient (Wildman–Crippen LogP) is 2.96. The third-order valence-corrected chi connectivity index (χ3v) is 4.07. The van der Waals surface area contributed by atoms with Crippen molar-refractivity contribution in [3.8, 4) is 23.1 Å². The van der Waals surface area contributed by atoms with Gasteiger partial charge in [-0.1, -0.05) is 6.07 Å². The lowest BCUT2D eigenvalue weighted by atomic mass is 10.1. The van der Waals surface area contributed by atoms with Gasteiger partial charge in [-0.25, -0.2) is 9.78 Å². The van der Waals surface area contributed by atoms with Crippen molar-refractivity contribution in [2.45, 2.75) is 19.5 Å². The van der Waals surface area contributed by atoms with E-state index < -0.39 is 12.0 Å². The normalized spacial score (nSPS) is 12.0. The Bertz CT molecular complexity index is 916. The Morgan fingerprint density at radius 1 is 1.33 bits per heavy atom. The summed E-state index contributed by atoms with van der Waals surface area (Å²) >= 11 is 0. The van der Waals surface area contributed by atoms with Gasteiger partial charge in [-0.15, -0.1) is 0 Å². The second-order valence-electron chi connectivity index (χ2n) is 5.77. The molecule has 3 aromatic rings. The summed E-state index contributed by atoms with van der Waals surface area (Å²) in [6, 6.07) is 7.42. The van der Waals surface area contributed by atoms with E-state index in [1.165, 1.54) is 26.5 Å². The number of oxazole rings is 1. The molecule has 1 aromatic carbocycles. The van der Waals surface area contributed by atoms with Crippen LogP contribution in [-0.2, 0) is 16.1 Å². The molecular formula is C19H20N2O6. The zero-order valence-corrected chi connectivity index (χ0v) is 15.2. The van der Waals surface area contributed by atoms with Crippen LogP contribution in [0.2, 0.25) is 0 Å². The molecule has 8 nitrogen and oxygen atoms in total. The van der Waals surface area contributed by atoms with Gasteiger partial charge < -0.3 is 23.4 Å². The third kappa shape index (κ3) is 3.95. The monoisotopic (exact) mass is 372 g/mol. The smallest absolute Gasteiger partial charge is 0.327 e. The number of rotatable bonds is 7. The van der Waals surface area contributed by atoms with E-state index in [0.29, 0.717) is 34.4 Å². The first kappa shape index (κ1) is 18.5. The molecule has 0 aliphatic carbocycles. The molecule has 1 atom stereocenters. The van der Waals surface area contributed by atoms with Crippen LogP contribution in [-0.4, -0.2) is 30.3 Å². The first-order chi connectivity index (χ1) is 13.0. The van der Waals surface area contributed by atoms with Gasteiger partial charge in [0, 0.05) is 6.54 Å². The molecule has 0 spiro atoms. The fourth-order valence-corrected chi connectivity index (χ4v) is 2.64. The summed E-state index contributed by atoms with van der Waals surface area (Å²) in [5.41, 5.74) is 1.17. The average Bonchev–Trinajstić information content (AvgIpc) is 3.32. The van der Waals surface area contributed by atoms with Crippen LogP contribution in [0.25, 0.3) is 11.7 Å². The van der Waals surface area contributed by atoms with Crippen LogP contribution in [0.4, 0.5) is 0 Å². The Balaban J connectivity index is 1.80. The van der Waals surface area contributed by atoms with Gasteiger partial charge in [-0.3, -0.25) is 5.32 Å². The maximum atomic E-state index is 12.2. The average molecular weight is 372 g/mol. The van der Waals surface area contributed by atoms with Crippen molar-refractivity contribution in [3.05, 3.63) is 53.6 Å². The highest BCUT2D eigenvalue weighted by molar-refractivity contribution is 5.77. The molecule has 0 unspecified atom stereocenters. The Kier molecular flexibility index (Phi) is 5.46. The fourth-order valence-electron chi connectivity index (χ4n) is 2.64. The summed E-state index contributed by atoms with van der Waals surface area (Å²) in [6.07, 6.45) is 1.54. The summed E-state index contributed by atoms with van der Waals surface area (Å²) < 4.78 is 20.8. The van der Waals surface area contributed by atoms with Gasteiger partial charge in [0.2, 0.25) is 0 Å². The van der Waals surface area contributed by atoms with Crippen molar-refractivity contribution in [1.82, 2.24) is 10.3 Å². The summed E-state index contributed by atoms with van der Waals surface area (Å²) in [6.45, 7) is 2.03. The molecule has 8 heteroatoms. The zero-order chi connectivity index (χ0) is 19.4. The van der Waals surface area contributed by atoms with Gasteiger partial charge in [0.15, 0.2) is 17.3 Å². The van der Waals surface area contributed by atoms with Gasteiger partial charge >= 0.3 is 5.97 Å². The molecule has 2 aromatic heterocycles. The highest BCUT2D eigenvalue weighted by Crippen LogP contribution is 2.30. The van der Waals surface area contributed by atoms with Crippen LogP contribution in [0, 0.1) is 6.92 Å². The largest absolute Gasteiger partial charge is 0.504 e. The van der Waals surface area contributed by atoms with Gasteiger partial charge in [-0.05, 0) is 36.8 Å². The topological polar surface area (TPSA) is 107 Å². The molecule has 0 amide bonds. The van der Waals surface area contributed by atoms with Crippen LogP contribution in [0.3, 0.4) is 0 Å². The number of furan rings is 1. The van der Waals surface area contributed by atoms with E-state index >= 15 is 0 Å². The van der Waals surface area contributed by atoms with Crippen LogP contribution >= 0.6 is 0 Å². The standard InChI is InChI=1S/C19H20N2O6/c1-11-13(21-18(27-11)16-5-4-8-26-16)10-20-17(19(23)25-3)12-6-7-15(24-2)14(22)9-12/h4-9,17,20,22H,10H2,1-3H3/t17-/m0/s1. The van der Waals surface area contributed by atoms with Crippen molar-refractivity contribution in [1.29, 1.82) is 0 Å². The van der Waals surface area contributed by atoms with Crippen molar-refractivity contribution < 1.29 is 28.2 Å². The van der Waals surface area contributed by atoms with Crippen molar-refractivity contribution >= 4 is 5.97 Å². The summed E-state index contributed by atoms with van der Waals surface area (Å²) in [7, 11) is 2.76. The number of phenolic OH excluding ortho intramolecular Hbond substituents is 1. The van der Waals surface area contributed by atoms with Crippen molar-refractivity contribution in [2.24, 2.45) is 0 Å². The molecule has 0 aliphatic rings. The highest BCUT2D eigenvalue weighted by atomic mass is 16.5. The second-order valence-corrected chi connectivity index (χ2v) is 5.77. The molecule has 0 fully saturated rings. The Labute approximate surface area is 155 Å². The lowest BCUT2D eigenvalue weighted by Crippen LogP contribution is -2.29. The fraction of sp³-hybridized carbons (Fsp3) is 0.263. The van der Waals surface area contributed by atoms with E-state index in [1.807, 2.05) is 0 Å². The predicted molar refractivity (Wildman–Crippen MR) is 95.2 cm³/mol. The first-order valence-corrected chi connectivity index (χ1v) is 8.21. The molecule has 142 valence electrons. The summed E-state index contributed by atoms with van der Waals surface area (Å²) in [5, 5.41) is 13.1. The van der Waals surface area contributed by atoms with Gasteiger partial charge in [-0.2, -0.15) is 0 Å². The minimum Gasteiger partial charge on any atom is -0.504 e. The van der Waals surface area contributed by atoms with Gasteiger partial charge in [0.05, 0.1) is 26.2 Å². The quantitative estimate of drug-likeness (QED) is 0.610. The minimum absolute atomic E-state index is 0.0663. The number of hydrogen-bond donors (Lipinski definition) is 2. The maximum Gasteiger partial charge on any atom is 0.327 e. The molecule has 2 N–H and O–H groups in total. The Morgan fingerprint density at radius 2 is 2.15 bits per heavy atom. The second kappa shape index (κ2) is 7.96. The maximum absolute atomic E-state index is 12.2. The van der Waals surface area contributed by atoms with Gasteiger partial charge in [0.25, 0.3) is 5.89 Å². The number of aromatic nitrogens is 1. The number of aryl methyl sites for hydroxylation is 1. The lowest BCUT2D eigenvalue weighted by molar-refractivity contribution is -0.143. The van der Waals surface area contributed by atoms with E-state index in [9.17, 15) is 9.90 Å². The van der Waals surface area contributed by atoms with Crippen LogP contribution in [0.1, 0.15) is 23.1 Å². The number of carbonyl (C=O) groups excluding carboxylic acids is 1. The molecule has 0 saturated heterocycles. The van der Waals surface area contributed by atoms with E-state index in [-0.39, 0.29) is 12.3 Å². The molecular weight excluding hydrogens is 352 g/mol. The molecule has 27 heavy (non-hydrogen) atoms. The van der Waals surface area contributed by atoms with Crippen LogP contribution in [0.15, 0.2) is 45.4 Å². The molecule has 0 bridgehead atoms. The number of carbonyl (C=O) groups is 1. The van der Waals surface area contributed by atoms with E-state index in [1.54, 1.807) is 31.2 Å². The van der Waals surface area contributed by atoms with Crippen molar-refractivity contribution in [3.63, 3.8) is 0 Å². The van der Waals surface area contributed by atoms with E-state index in [0.717, 1.165) is 0 Å². The van der Waals surface area contributed by atoms with Crippen LogP contribution < -0.4 is 10.1 Å². The number of phenols is 1. The molecule has 0 saturated carbocycles. The SMILES string of the molecule is COC(=O)[C@@H](NCc1nc(-c2ccco2)oc1C)c1ccc(OC)c(O)c1. The number of aromatic hydroxyl groups is 1. The molecule has 2 heterocycles. The number of nitrogens with zero attached hydrogens (tertiary/aromatic N) is 1. The minimum atomic E-state index is -0.796. The number of hydrogen-bond acceptors (Lipinski definition) is 8. The van der Waals surface area contributed by atoms with E-state index in [4.69, 9.17) is 18.3 Å². The lowest BCUT2D eigenvalue weighted by Gasteiger charge is -2.17. The summed E-state index contributed by atoms with van der Waals surface area (Å²) in [5.74, 6) is 1.25. The Morgan fingerprint density at radius 3 is 2.78 bits per heavy atom. The number of esters is 1. The zero-order valence-electron chi connectivity index (χ0n) is 15.2. The first-order valence-electron chi connectivity index (χ1n) is 8.21. The molecule has 3 rings (SSSR count). The van der Waals surface area contributed by atoms with E-state index in [2.05, 4.69) is 10.3 Å². The number of nitrogens with one attached hydrogen (secondary N) is 1. The summed E-state index contributed by atoms with van der Waals surface area (Å²) in [4.78, 5) is 16.6. The Hall–Kier alpha value is -3.26. The van der Waals surface area contributed by atoms with Crippen molar-refractivity contribution in [2.75, 3.05) is 14.2 Å². The highest BCUT2D eigenvalue weighted by Gasteiger charge is 2.23. The number of methoxy groups -OCH3 is 2. The molecule has 0 aliphatic heterocycles. The molecule has 0 radical (unpaired) electrons. The number of benzene rings is 1. The third-order valence-electron chi connectivity index (χ3n) is 4.07.